The molecule has 1 rings (SSSR count). The Hall–Kier alpha value is -1.62. The molecule has 0 fully saturated rings. The zero-order chi connectivity index (χ0) is 8.10. The van der Waals surface area contributed by atoms with Gasteiger partial charge in [0.1, 0.15) is 0 Å². The number of pyridine rings is 1. The molecule has 1 heterocycles. The van der Waals surface area contributed by atoms with E-state index in [-0.39, 0.29) is 0 Å². The summed E-state index contributed by atoms with van der Waals surface area (Å²) in [6.07, 6.45) is 7.05. The molecule has 0 N–H and O–H groups in total. The van der Waals surface area contributed by atoms with Gasteiger partial charge in [0.05, 0.1) is 11.6 Å². The fourth-order valence-electron chi connectivity index (χ4n) is 0.821. The molecule has 54 valence electrons. The second-order valence-corrected chi connectivity index (χ2v) is 2.07. The van der Waals surface area contributed by atoms with Gasteiger partial charge >= 0.3 is 0 Å². The summed E-state index contributed by atoms with van der Waals surface area (Å²) in [6, 6.07) is 3.79. The lowest BCUT2D eigenvalue weighted by atomic mass is 10.1. The summed E-state index contributed by atoms with van der Waals surface area (Å²) >= 11 is 0. The maximum atomic E-state index is 8.63. The Morgan fingerprint density at radius 3 is 3.09 bits per heavy atom. The minimum absolute atomic E-state index is 0.665. The van der Waals surface area contributed by atoms with Gasteiger partial charge in [-0.2, -0.15) is 5.26 Å². The van der Waals surface area contributed by atoms with Crippen molar-refractivity contribution in [3.05, 3.63) is 35.7 Å². The second kappa shape index (κ2) is 3.52. The van der Waals surface area contributed by atoms with Gasteiger partial charge in [-0.1, -0.05) is 12.2 Å². The minimum atomic E-state index is 0.665. The monoisotopic (exact) mass is 144 g/mol. The summed E-state index contributed by atoms with van der Waals surface area (Å²) < 4.78 is 0. The van der Waals surface area contributed by atoms with Crippen LogP contribution in [0.4, 0.5) is 0 Å². The SMILES string of the molecule is C/C=C/c1cnccc1C#N. The van der Waals surface area contributed by atoms with Crippen molar-refractivity contribution in [3.8, 4) is 6.07 Å². The molecule has 1 aromatic rings. The summed E-state index contributed by atoms with van der Waals surface area (Å²) in [7, 11) is 0. The van der Waals surface area contributed by atoms with Crippen molar-refractivity contribution >= 4 is 6.08 Å². The maximum absolute atomic E-state index is 8.63. The van der Waals surface area contributed by atoms with Gasteiger partial charge in [-0.15, -0.1) is 0 Å². The van der Waals surface area contributed by atoms with E-state index in [0.29, 0.717) is 5.56 Å². The van der Waals surface area contributed by atoms with E-state index in [1.165, 1.54) is 0 Å². The third kappa shape index (κ3) is 1.65. The smallest absolute Gasteiger partial charge is 0.0999 e. The Bertz CT molecular complexity index is 308. The average Bonchev–Trinajstić information content (AvgIpc) is 2.06. The second-order valence-electron chi connectivity index (χ2n) is 2.07. The zero-order valence-electron chi connectivity index (χ0n) is 6.28. The van der Waals surface area contributed by atoms with E-state index in [1.807, 2.05) is 19.1 Å². The van der Waals surface area contributed by atoms with Gasteiger partial charge < -0.3 is 0 Å². The fraction of sp³-hybridized carbons (Fsp3) is 0.111. The molecule has 1 aromatic heterocycles. The Balaban J connectivity index is 3.15. The van der Waals surface area contributed by atoms with Crippen molar-refractivity contribution < 1.29 is 0 Å². The van der Waals surface area contributed by atoms with Gasteiger partial charge in [-0.3, -0.25) is 4.98 Å². The molecule has 0 saturated carbocycles. The molecule has 0 aliphatic rings. The molecule has 0 aliphatic heterocycles. The molecule has 0 unspecified atom stereocenters. The third-order valence-corrected chi connectivity index (χ3v) is 1.32. The first kappa shape index (κ1) is 7.49. The minimum Gasteiger partial charge on any atom is -0.264 e. The van der Waals surface area contributed by atoms with Crippen LogP contribution in [0.2, 0.25) is 0 Å². The molecule has 0 saturated heterocycles. The van der Waals surface area contributed by atoms with Crippen molar-refractivity contribution in [2.45, 2.75) is 6.92 Å². The molecule has 0 amide bonds. The summed E-state index contributed by atoms with van der Waals surface area (Å²) in [6.45, 7) is 1.91. The van der Waals surface area contributed by atoms with Gasteiger partial charge in [0.2, 0.25) is 0 Å². The van der Waals surface area contributed by atoms with Crippen LogP contribution >= 0.6 is 0 Å². The number of rotatable bonds is 1. The normalized spacial score (nSPS) is 9.82. The largest absolute Gasteiger partial charge is 0.264 e. The number of nitriles is 1. The van der Waals surface area contributed by atoms with Crippen LogP contribution in [0.1, 0.15) is 18.1 Å². The lowest BCUT2D eigenvalue weighted by Gasteiger charge is -1.92. The quantitative estimate of drug-likeness (QED) is 0.604. The first-order valence-electron chi connectivity index (χ1n) is 3.35. The molecule has 0 atom stereocenters. The number of hydrogen-bond donors (Lipinski definition) is 0. The molecular weight excluding hydrogens is 136 g/mol. The van der Waals surface area contributed by atoms with Crippen LogP contribution in [0.15, 0.2) is 24.5 Å². The molecule has 0 radical (unpaired) electrons. The molecule has 2 heteroatoms. The number of hydrogen-bond acceptors (Lipinski definition) is 2. The van der Waals surface area contributed by atoms with E-state index in [4.69, 9.17) is 5.26 Å². The van der Waals surface area contributed by atoms with Gasteiger partial charge in [0.25, 0.3) is 0 Å². The zero-order valence-corrected chi connectivity index (χ0v) is 6.28. The van der Waals surface area contributed by atoms with Crippen LogP contribution < -0.4 is 0 Å². The molecule has 0 aromatic carbocycles. The Kier molecular flexibility index (Phi) is 2.40. The molecule has 0 aliphatic carbocycles. The molecule has 2 nitrogen and oxygen atoms in total. The topological polar surface area (TPSA) is 36.7 Å². The highest BCUT2D eigenvalue weighted by Crippen LogP contribution is 2.06. The predicted octanol–water partition coefficient (Wildman–Crippen LogP) is 1.99. The highest BCUT2D eigenvalue weighted by atomic mass is 14.6. The van der Waals surface area contributed by atoms with Crippen molar-refractivity contribution in [3.63, 3.8) is 0 Å². The Morgan fingerprint density at radius 1 is 1.64 bits per heavy atom. The highest BCUT2D eigenvalue weighted by molar-refractivity contribution is 5.56. The van der Waals surface area contributed by atoms with Crippen molar-refractivity contribution in [2.75, 3.05) is 0 Å². The van der Waals surface area contributed by atoms with Gasteiger partial charge in [-0.05, 0) is 13.0 Å². The lowest BCUT2D eigenvalue weighted by molar-refractivity contribution is 1.30. The summed E-state index contributed by atoms with van der Waals surface area (Å²) in [5.41, 5.74) is 1.54. The summed E-state index contributed by atoms with van der Waals surface area (Å²) in [5.74, 6) is 0. The molecule has 11 heavy (non-hydrogen) atoms. The first-order chi connectivity index (χ1) is 5.38. The van der Waals surface area contributed by atoms with E-state index in [2.05, 4.69) is 11.1 Å². The average molecular weight is 144 g/mol. The van der Waals surface area contributed by atoms with Gasteiger partial charge in [-0.25, -0.2) is 0 Å². The van der Waals surface area contributed by atoms with Crippen molar-refractivity contribution in [1.82, 2.24) is 4.98 Å². The van der Waals surface area contributed by atoms with Crippen LogP contribution in [-0.4, -0.2) is 4.98 Å². The van der Waals surface area contributed by atoms with E-state index in [1.54, 1.807) is 18.5 Å². The fourth-order valence-corrected chi connectivity index (χ4v) is 0.821. The highest BCUT2D eigenvalue weighted by Gasteiger charge is 1.94. The Labute approximate surface area is 65.8 Å². The van der Waals surface area contributed by atoms with Crippen LogP contribution in [0.3, 0.4) is 0 Å². The van der Waals surface area contributed by atoms with Gasteiger partial charge in [0, 0.05) is 18.0 Å². The number of nitrogens with zero attached hydrogens (tertiary/aromatic N) is 2. The third-order valence-electron chi connectivity index (χ3n) is 1.32. The van der Waals surface area contributed by atoms with Crippen LogP contribution in [0.5, 0.6) is 0 Å². The molecule has 0 bridgehead atoms. The molecular formula is C9H8N2. The van der Waals surface area contributed by atoms with E-state index < -0.39 is 0 Å². The van der Waals surface area contributed by atoms with Gasteiger partial charge in [0.15, 0.2) is 0 Å². The summed E-state index contributed by atoms with van der Waals surface area (Å²) in [4.78, 5) is 3.91. The number of aromatic nitrogens is 1. The van der Waals surface area contributed by atoms with Crippen LogP contribution in [-0.2, 0) is 0 Å². The van der Waals surface area contributed by atoms with Crippen LogP contribution in [0.25, 0.3) is 6.08 Å². The van der Waals surface area contributed by atoms with Crippen molar-refractivity contribution in [1.29, 1.82) is 5.26 Å². The van der Waals surface area contributed by atoms with E-state index in [0.717, 1.165) is 5.56 Å². The Morgan fingerprint density at radius 2 is 2.45 bits per heavy atom. The molecule has 0 spiro atoms. The van der Waals surface area contributed by atoms with Crippen LogP contribution in [0, 0.1) is 11.3 Å². The lowest BCUT2D eigenvalue weighted by Crippen LogP contribution is -1.82. The standard InChI is InChI=1S/C9H8N2/c1-2-3-9-7-11-5-4-8(9)6-10/h2-5,7H,1H3/b3-2+. The summed E-state index contributed by atoms with van der Waals surface area (Å²) in [5, 5.41) is 8.63. The van der Waals surface area contributed by atoms with E-state index in [9.17, 15) is 0 Å². The number of allylic oxidation sites excluding steroid dienone is 1. The maximum Gasteiger partial charge on any atom is 0.0999 e. The van der Waals surface area contributed by atoms with Crippen molar-refractivity contribution in [2.24, 2.45) is 0 Å². The predicted molar refractivity (Wildman–Crippen MR) is 43.7 cm³/mol. The first-order valence-corrected chi connectivity index (χ1v) is 3.35. The van der Waals surface area contributed by atoms with E-state index >= 15 is 0 Å².